The lowest BCUT2D eigenvalue weighted by molar-refractivity contribution is -0.139. The average Bonchev–Trinajstić information content (AvgIpc) is 2.94. The van der Waals surface area contributed by atoms with Crippen LogP contribution in [0.25, 0.3) is 0 Å². The van der Waals surface area contributed by atoms with Crippen molar-refractivity contribution in [1.82, 2.24) is 16.0 Å². The van der Waals surface area contributed by atoms with Crippen molar-refractivity contribution in [1.29, 1.82) is 0 Å². The summed E-state index contributed by atoms with van der Waals surface area (Å²) in [7, 11) is 0. The molecule has 0 spiro atoms. The van der Waals surface area contributed by atoms with Gasteiger partial charge >= 0.3 is 18.0 Å². The predicted molar refractivity (Wildman–Crippen MR) is 159 cm³/mol. The highest BCUT2D eigenvalue weighted by Crippen LogP contribution is 2.21. The second kappa shape index (κ2) is 17.5. The molecule has 6 N–H and O–H groups in total. The molecule has 2 aromatic carbocycles. The first-order valence-corrected chi connectivity index (χ1v) is 14.2. The topological polar surface area (TPSA) is 201 Å². The maximum absolute atomic E-state index is 13.6. The van der Waals surface area contributed by atoms with E-state index >= 15 is 0 Å². The molecule has 0 saturated heterocycles. The first kappa shape index (κ1) is 35.5. The lowest BCUT2D eigenvalue weighted by atomic mass is 10.0. The van der Waals surface area contributed by atoms with E-state index in [1.165, 1.54) is 18.2 Å². The fraction of sp³-hybridized carbons (Fsp3) is 0.452. The molecule has 0 aliphatic heterocycles. The fourth-order valence-corrected chi connectivity index (χ4v) is 4.11. The third-order valence-corrected chi connectivity index (χ3v) is 6.12. The van der Waals surface area contributed by atoms with Crippen molar-refractivity contribution in [2.24, 2.45) is 0 Å². The van der Waals surface area contributed by atoms with Gasteiger partial charge in [0.15, 0.2) is 6.61 Å². The molecule has 0 aliphatic carbocycles. The number of carboxylic acid groups (broad SMARTS) is 2. The van der Waals surface area contributed by atoms with Crippen molar-refractivity contribution in [3.8, 4) is 5.75 Å². The molecule has 0 bridgehead atoms. The van der Waals surface area contributed by atoms with Crippen LogP contribution in [0.5, 0.6) is 5.75 Å². The van der Waals surface area contributed by atoms with Gasteiger partial charge in [0.1, 0.15) is 29.0 Å². The zero-order valence-corrected chi connectivity index (χ0v) is 25.1. The van der Waals surface area contributed by atoms with E-state index < -0.39 is 54.1 Å². The maximum Gasteiger partial charge on any atom is 0.408 e. The summed E-state index contributed by atoms with van der Waals surface area (Å²) in [6, 6.07) is 10.7. The highest BCUT2D eigenvalue weighted by molar-refractivity contribution is 5.93. The number of aliphatic hydroxyl groups excluding tert-OH is 1. The summed E-state index contributed by atoms with van der Waals surface area (Å²) in [6.07, 6.45) is 0.983. The Morgan fingerprint density at radius 3 is 2.09 bits per heavy atom. The normalized spacial score (nSPS) is 12.4. The zero-order valence-electron chi connectivity index (χ0n) is 25.1. The lowest BCUT2D eigenvalue weighted by Crippen LogP contribution is -2.55. The lowest BCUT2D eigenvalue weighted by Gasteiger charge is -2.25. The van der Waals surface area contributed by atoms with Crippen molar-refractivity contribution in [2.75, 3.05) is 19.8 Å². The molecule has 0 unspecified atom stereocenters. The van der Waals surface area contributed by atoms with Gasteiger partial charge in [-0.2, -0.15) is 0 Å². The van der Waals surface area contributed by atoms with Gasteiger partial charge in [-0.3, -0.25) is 9.59 Å². The smallest absolute Gasteiger partial charge is 0.408 e. The van der Waals surface area contributed by atoms with Crippen molar-refractivity contribution < 1.29 is 48.8 Å². The van der Waals surface area contributed by atoms with Gasteiger partial charge in [0.2, 0.25) is 11.8 Å². The van der Waals surface area contributed by atoms with Crippen LogP contribution in [0, 0.1) is 0 Å². The molecule has 3 amide bonds. The molecule has 2 aromatic rings. The monoisotopic (exact) mass is 615 g/mol. The number of nitrogens with one attached hydrogen (secondary N) is 3. The highest BCUT2D eigenvalue weighted by Gasteiger charge is 2.29. The molecule has 0 heterocycles. The summed E-state index contributed by atoms with van der Waals surface area (Å²) in [5.41, 5.74) is -0.0349. The van der Waals surface area contributed by atoms with Crippen LogP contribution in [0.2, 0.25) is 0 Å². The van der Waals surface area contributed by atoms with E-state index in [9.17, 15) is 29.1 Å². The molecule has 0 radical (unpaired) electrons. The van der Waals surface area contributed by atoms with E-state index in [1.807, 2.05) is 6.07 Å². The summed E-state index contributed by atoms with van der Waals surface area (Å²) >= 11 is 0. The Hall–Kier alpha value is -4.65. The number of amides is 3. The molecular weight excluding hydrogens is 574 g/mol. The second-order valence-electron chi connectivity index (χ2n) is 11.0. The summed E-state index contributed by atoms with van der Waals surface area (Å²) < 4.78 is 10.4. The average molecular weight is 616 g/mol. The number of carboxylic acids is 2. The number of carbonyl (C=O) groups excluding carboxylic acids is 3. The van der Waals surface area contributed by atoms with Gasteiger partial charge in [-0.05, 0) is 63.3 Å². The largest absolute Gasteiger partial charge is 0.481 e. The number of ether oxygens (including phenoxy) is 2. The number of carbonyl (C=O) groups is 5. The van der Waals surface area contributed by atoms with Crippen LogP contribution in [-0.4, -0.2) is 82.6 Å². The molecule has 2 rings (SSSR count). The van der Waals surface area contributed by atoms with Crippen molar-refractivity contribution in [2.45, 2.75) is 70.6 Å². The van der Waals surface area contributed by atoms with Crippen LogP contribution in [-0.2, 0) is 32.0 Å². The van der Waals surface area contributed by atoms with Crippen LogP contribution in [0.1, 0.15) is 61.5 Å². The Balaban J connectivity index is 2.33. The van der Waals surface area contributed by atoms with Gasteiger partial charge in [-0.1, -0.05) is 36.4 Å². The van der Waals surface area contributed by atoms with E-state index in [0.717, 1.165) is 5.56 Å². The minimum Gasteiger partial charge on any atom is -0.481 e. The van der Waals surface area contributed by atoms with E-state index in [-0.39, 0.29) is 37.3 Å². The summed E-state index contributed by atoms with van der Waals surface area (Å²) in [6.45, 7) is 4.61. The molecule has 13 heteroatoms. The highest BCUT2D eigenvalue weighted by atomic mass is 16.6. The van der Waals surface area contributed by atoms with Crippen molar-refractivity contribution in [3.63, 3.8) is 0 Å². The van der Waals surface area contributed by atoms with Gasteiger partial charge in [0.05, 0.1) is 0 Å². The number of aliphatic carboxylic acids is 1. The molecule has 2 atom stereocenters. The Bertz CT molecular complexity index is 1280. The minimum atomic E-state index is -1.37. The Labute approximate surface area is 255 Å². The maximum atomic E-state index is 13.6. The number of rotatable bonds is 17. The fourth-order valence-electron chi connectivity index (χ4n) is 4.11. The first-order chi connectivity index (χ1) is 20.8. The van der Waals surface area contributed by atoms with Crippen LogP contribution >= 0.6 is 0 Å². The van der Waals surface area contributed by atoms with Gasteiger partial charge < -0.3 is 40.7 Å². The zero-order chi connectivity index (χ0) is 32.7. The standard InChI is InChI=1S/C31H41N3O10/c1-31(2,3)44-30(42)34-24(17-20-10-6-4-7-11-20)28(39)33-23(27(38)32-14-8-5-9-15-35)18-21-12-13-25(43-19-26(36)37)22(16-21)29(40)41/h4,6-7,10-13,16,23-24,35H,5,8-9,14-15,17-19H2,1-3H3,(H,32,38)(H,33,39)(H,34,42)(H,36,37)(H,40,41)/t23-,24-/m0/s1. The quantitative estimate of drug-likeness (QED) is 0.143. The second-order valence-corrected chi connectivity index (χ2v) is 11.0. The number of aromatic carboxylic acids is 1. The molecule has 0 aromatic heterocycles. The van der Waals surface area contributed by atoms with Crippen molar-refractivity contribution >= 4 is 29.8 Å². The number of aliphatic hydroxyl groups is 1. The molecular formula is C31H41N3O10. The Morgan fingerprint density at radius 1 is 0.818 bits per heavy atom. The number of unbranched alkanes of at least 4 members (excludes halogenated alkanes) is 2. The number of hydrogen-bond donors (Lipinski definition) is 6. The number of alkyl carbamates (subject to hydrolysis) is 1. The molecule has 0 saturated carbocycles. The Kier molecular flexibility index (Phi) is 14.1. The first-order valence-electron chi connectivity index (χ1n) is 14.2. The Morgan fingerprint density at radius 2 is 1.48 bits per heavy atom. The van der Waals surface area contributed by atoms with Crippen LogP contribution in [0.15, 0.2) is 48.5 Å². The molecule has 0 fully saturated rings. The van der Waals surface area contributed by atoms with Gasteiger partial charge in [-0.25, -0.2) is 14.4 Å². The molecule has 44 heavy (non-hydrogen) atoms. The third-order valence-electron chi connectivity index (χ3n) is 6.12. The van der Waals surface area contributed by atoms with Crippen LogP contribution < -0.4 is 20.7 Å². The predicted octanol–water partition coefficient (Wildman–Crippen LogP) is 2.29. The number of benzene rings is 2. The van der Waals surface area contributed by atoms with Crippen LogP contribution in [0.3, 0.4) is 0 Å². The van der Waals surface area contributed by atoms with Gasteiger partial charge in [0, 0.05) is 26.0 Å². The summed E-state index contributed by atoms with van der Waals surface area (Å²) in [4.78, 5) is 62.2. The SMILES string of the molecule is CC(C)(C)OC(=O)N[C@@H](Cc1ccccc1)C(=O)N[C@@H](Cc1ccc(OCC(=O)O)c(C(=O)O)c1)C(=O)NCCCCCO. The van der Waals surface area contributed by atoms with Gasteiger partial charge in [0.25, 0.3) is 0 Å². The summed E-state index contributed by atoms with van der Waals surface area (Å²) in [5.74, 6) is -4.03. The van der Waals surface area contributed by atoms with E-state index in [0.29, 0.717) is 24.8 Å². The van der Waals surface area contributed by atoms with Crippen LogP contribution in [0.4, 0.5) is 4.79 Å². The molecule has 240 valence electrons. The van der Waals surface area contributed by atoms with E-state index in [4.69, 9.17) is 19.7 Å². The molecule has 0 aliphatic rings. The molecule has 13 nitrogen and oxygen atoms in total. The number of hydrogen-bond acceptors (Lipinski definition) is 8. The van der Waals surface area contributed by atoms with E-state index in [2.05, 4.69) is 16.0 Å². The van der Waals surface area contributed by atoms with E-state index in [1.54, 1.807) is 45.0 Å². The summed E-state index contributed by atoms with van der Waals surface area (Å²) in [5, 5.41) is 35.6. The minimum absolute atomic E-state index is 0.0260. The third kappa shape index (κ3) is 13.1. The van der Waals surface area contributed by atoms with Crippen molar-refractivity contribution in [3.05, 3.63) is 65.2 Å². The van der Waals surface area contributed by atoms with Gasteiger partial charge in [-0.15, -0.1) is 0 Å².